The summed E-state index contributed by atoms with van der Waals surface area (Å²) in [5.41, 5.74) is 1.25. The summed E-state index contributed by atoms with van der Waals surface area (Å²) in [6, 6.07) is 7.25. The highest BCUT2D eigenvalue weighted by Gasteiger charge is 2.18. The minimum atomic E-state index is -0.610. The Morgan fingerprint density at radius 2 is 1.96 bits per heavy atom. The molecule has 0 bridgehead atoms. The second-order valence-electron chi connectivity index (χ2n) is 5.37. The smallest absolute Gasteiger partial charge is 0.269 e. The van der Waals surface area contributed by atoms with E-state index in [2.05, 4.69) is 36.5 Å². The molecule has 9 heteroatoms. The number of dihydropyridines is 1. The van der Waals surface area contributed by atoms with E-state index in [1.807, 2.05) is 12.1 Å². The van der Waals surface area contributed by atoms with Crippen molar-refractivity contribution in [3.05, 3.63) is 52.0 Å². The van der Waals surface area contributed by atoms with Gasteiger partial charge in [0, 0.05) is 27.8 Å². The van der Waals surface area contributed by atoms with Gasteiger partial charge in [-0.1, -0.05) is 22.0 Å². The number of hydrogen-bond donors (Lipinski definition) is 2. The van der Waals surface area contributed by atoms with Crippen LogP contribution in [0.3, 0.4) is 0 Å². The van der Waals surface area contributed by atoms with Crippen molar-refractivity contribution in [2.24, 2.45) is 10.9 Å². The van der Waals surface area contributed by atoms with Gasteiger partial charge >= 0.3 is 0 Å². The number of aromatic nitrogens is 1. The van der Waals surface area contributed by atoms with Crippen LogP contribution in [0.2, 0.25) is 0 Å². The van der Waals surface area contributed by atoms with E-state index >= 15 is 0 Å². The number of rotatable bonds is 5. The van der Waals surface area contributed by atoms with Crippen molar-refractivity contribution < 1.29 is 14.4 Å². The maximum absolute atomic E-state index is 12.1. The van der Waals surface area contributed by atoms with Gasteiger partial charge in [0.2, 0.25) is 11.8 Å². The molecule has 0 spiro atoms. The van der Waals surface area contributed by atoms with E-state index in [0.717, 1.165) is 4.47 Å². The number of hydrogen-bond acceptors (Lipinski definition) is 5. The first-order valence-corrected chi connectivity index (χ1v) is 9.24. The zero-order valence-corrected chi connectivity index (χ0v) is 15.7. The molecule has 2 aromatic rings. The number of halogens is 1. The molecule has 1 aromatic carbocycles. The predicted octanol–water partition coefficient (Wildman–Crippen LogP) is 2.81. The van der Waals surface area contributed by atoms with Crippen molar-refractivity contribution in [1.82, 2.24) is 4.98 Å². The molecule has 0 aliphatic carbocycles. The van der Waals surface area contributed by atoms with Crippen molar-refractivity contribution in [3.63, 3.8) is 0 Å². The lowest BCUT2D eigenvalue weighted by atomic mass is 10.1. The summed E-state index contributed by atoms with van der Waals surface area (Å²) in [5, 5.41) is 7.54. The van der Waals surface area contributed by atoms with Gasteiger partial charge in [0.05, 0.1) is 18.0 Å². The first-order valence-electron chi connectivity index (χ1n) is 7.56. The SMILES string of the molecule is O=C1C=CC(C(=O)Nc2nc(CC(=O)Nc3ccc(Br)cc3)cs2)C=N1. The second-order valence-corrected chi connectivity index (χ2v) is 7.14. The van der Waals surface area contributed by atoms with E-state index in [9.17, 15) is 14.4 Å². The van der Waals surface area contributed by atoms with Gasteiger partial charge in [0.25, 0.3) is 5.91 Å². The van der Waals surface area contributed by atoms with Crippen LogP contribution in [0.15, 0.2) is 51.3 Å². The zero-order valence-electron chi connectivity index (χ0n) is 13.3. The predicted molar refractivity (Wildman–Crippen MR) is 103 cm³/mol. The highest BCUT2D eigenvalue weighted by Crippen LogP contribution is 2.18. The van der Waals surface area contributed by atoms with Gasteiger partial charge in [-0.2, -0.15) is 0 Å². The number of benzene rings is 1. The fraction of sp³-hybridized carbons (Fsp3) is 0.118. The largest absolute Gasteiger partial charge is 0.326 e. The standard InChI is InChI=1S/C17H13BrN4O3S/c18-11-2-4-12(5-3-11)20-15(24)7-13-9-26-17(21-13)22-16(25)10-1-6-14(23)19-8-10/h1-6,8-10H,7H2,(H,20,24)(H,21,22,25). The van der Waals surface area contributed by atoms with Crippen LogP contribution in [0, 0.1) is 5.92 Å². The number of nitrogens with one attached hydrogen (secondary N) is 2. The molecule has 1 atom stereocenters. The summed E-state index contributed by atoms with van der Waals surface area (Å²) in [6.45, 7) is 0. The van der Waals surface area contributed by atoms with Gasteiger partial charge < -0.3 is 10.6 Å². The molecule has 0 fully saturated rings. The first kappa shape index (κ1) is 18.2. The molecule has 1 aliphatic rings. The summed E-state index contributed by atoms with van der Waals surface area (Å²) in [6.07, 6.45) is 4.12. The van der Waals surface area contributed by atoms with E-state index in [0.29, 0.717) is 16.5 Å². The summed E-state index contributed by atoms with van der Waals surface area (Å²) in [4.78, 5) is 43.0. The monoisotopic (exact) mass is 432 g/mol. The molecule has 1 unspecified atom stereocenters. The maximum atomic E-state index is 12.1. The minimum absolute atomic E-state index is 0.0989. The lowest BCUT2D eigenvalue weighted by Gasteiger charge is -2.08. The molecule has 0 saturated heterocycles. The van der Waals surface area contributed by atoms with Gasteiger partial charge in [-0.3, -0.25) is 14.4 Å². The number of nitrogens with zero attached hydrogens (tertiary/aromatic N) is 2. The van der Waals surface area contributed by atoms with Crippen LogP contribution in [0.25, 0.3) is 0 Å². The minimum Gasteiger partial charge on any atom is -0.326 e. The Labute approximate surface area is 161 Å². The average Bonchev–Trinajstić information content (AvgIpc) is 3.04. The Balaban J connectivity index is 1.54. The van der Waals surface area contributed by atoms with Crippen LogP contribution in [0.5, 0.6) is 0 Å². The number of thiazole rings is 1. The Morgan fingerprint density at radius 3 is 2.65 bits per heavy atom. The third-order valence-corrected chi connectivity index (χ3v) is 4.70. The molecule has 1 aliphatic heterocycles. The van der Waals surface area contributed by atoms with Crippen LogP contribution in [-0.2, 0) is 20.8 Å². The third kappa shape index (κ3) is 4.93. The number of aliphatic imine (C=N–C) groups is 1. The first-order chi connectivity index (χ1) is 12.5. The summed E-state index contributed by atoms with van der Waals surface area (Å²) >= 11 is 4.56. The van der Waals surface area contributed by atoms with E-state index in [4.69, 9.17) is 0 Å². The molecular formula is C17H13BrN4O3S. The summed E-state index contributed by atoms with van der Waals surface area (Å²) in [7, 11) is 0. The van der Waals surface area contributed by atoms with Gasteiger partial charge in [-0.25, -0.2) is 9.98 Å². The molecule has 0 radical (unpaired) electrons. The second kappa shape index (κ2) is 8.15. The number of amides is 3. The van der Waals surface area contributed by atoms with Crippen LogP contribution >= 0.6 is 27.3 Å². The fourth-order valence-electron chi connectivity index (χ4n) is 2.12. The Kier molecular flexibility index (Phi) is 5.69. The summed E-state index contributed by atoms with van der Waals surface area (Å²) in [5.74, 6) is -1.53. The Bertz CT molecular complexity index is 889. The molecule has 3 rings (SSSR count). The molecule has 132 valence electrons. The van der Waals surface area contributed by atoms with E-state index in [-0.39, 0.29) is 24.1 Å². The van der Waals surface area contributed by atoms with Crippen molar-refractivity contribution in [1.29, 1.82) is 0 Å². The van der Waals surface area contributed by atoms with Crippen LogP contribution in [0.4, 0.5) is 10.8 Å². The maximum Gasteiger partial charge on any atom is 0.269 e. The van der Waals surface area contributed by atoms with Gasteiger partial charge in [-0.15, -0.1) is 11.3 Å². The van der Waals surface area contributed by atoms with E-state index in [1.165, 1.54) is 29.7 Å². The average molecular weight is 433 g/mol. The Morgan fingerprint density at radius 1 is 1.19 bits per heavy atom. The van der Waals surface area contributed by atoms with Crippen molar-refractivity contribution in [2.75, 3.05) is 10.6 Å². The van der Waals surface area contributed by atoms with Gasteiger partial charge in [0.15, 0.2) is 5.13 Å². The summed E-state index contributed by atoms with van der Waals surface area (Å²) < 4.78 is 0.928. The number of carbonyl (C=O) groups is 3. The number of carbonyl (C=O) groups excluding carboxylic acids is 3. The molecular weight excluding hydrogens is 420 g/mol. The van der Waals surface area contributed by atoms with Crippen molar-refractivity contribution in [2.45, 2.75) is 6.42 Å². The molecule has 7 nitrogen and oxygen atoms in total. The highest BCUT2D eigenvalue weighted by atomic mass is 79.9. The normalized spacial score (nSPS) is 15.7. The molecule has 0 saturated carbocycles. The molecule has 1 aromatic heterocycles. The molecule has 3 amide bonds. The topological polar surface area (TPSA) is 101 Å². The van der Waals surface area contributed by atoms with Gasteiger partial charge in [0.1, 0.15) is 0 Å². The van der Waals surface area contributed by atoms with Crippen molar-refractivity contribution >= 4 is 62.0 Å². The van der Waals surface area contributed by atoms with Crippen LogP contribution in [-0.4, -0.2) is 28.9 Å². The zero-order chi connectivity index (χ0) is 18.5. The third-order valence-electron chi connectivity index (χ3n) is 3.36. The van der Waals surface area contributed by atoms with E-state index in [1.54, 1.807) is 17.5 Å². The lowest BCUT2D eigenvalue weighted by Crippen LogP contribution is -2.24. The van der Waals surface area contributed by atoms with Crippen LogP contribution < -0.4 is 10.6 Å². The lowest BCUT2D eigenvalue weighted by molar-refractivity contribution is -0.117. The van der Waals surface area contributed by atoms with Crippen LogP contribution in [0.1, 0.15) is 5.69 Å². The molecule has 2 heterocycles. The number of anilines is 2. The fourth-order valence-corrected chi connectivity index (χ4v) is 3.10. The van der Waals surface area contributed by atoms with Gasteiger partial charge in [-0.05, 0) is 24.3 Å². The van der Waals surface area contributed by atoms with Crippen molar-refractivity contribution in [3.8, 4) is 0 Å². The quantitative estimate of drug-likeness (QED) is 0.758. The Hall–Kier alpha value is -2.65. The van der Waals surface area contributed by atoms with E-state index < -0.39 is 5.92 Å². The highest BCUT2D eigenvalue weighted by molar-refractivity contribution is 9.10. The molecule has 26 heavy (non-hydrogen) atoms. The molecule has 2 N–H and O–H groups in total.